The molecule has 0 spiro atoms. The van der Waals surface area contributed by atoms with Crippen LogP contribution in [0, 0.1) is 5.82 Å². The SMILES string of the molecule is CN1C(=O)CO[C@@H](C(=O)NC2CCCC2)[C@H]1c1ccc(F)cc1. The summed E-state index contributed by atoms with van der Waals surface area (Å²) in [6, 6.07) is 5.48. The number of nitrogens with one attached hydrogen (secondary N) is 1. The second-order valence-electron chi connectivity index (χ2n) is 6.22. The maximum absolute atomic E-state index is 13.2. The molecule has 1 aromatic carbocycles. The fourth-order valence-electron chi connectivity index (χ4n) is 3.34. The highest BCUT2D eigenvalue weighted by Gasteiger charge is 2.40. The van der Waals surface area contributed by atoms with Gasteiger partial charge >= 0.3 is 0 Å². The number of likely N-dealkylation sites (N-methyl/N-ethyl adjacent to an activating group) is 1. The summed E-state index contributed by atoms with van der Waals surface area (Å²) in [4.78, 5) is 26.1. The summed E-state index contributed by atoms with van der Waals surface area (Å²) in [5, 5.41) is 3.02. The van der Waals surface area contributed by atoms with Gasteiger partial charge in [0, 0.05) is 13.1 Å². The van der Waals surface area contributed by atoms with Gasteiger partial charge in [-0.05, 0) is 30.5 Å². The molecule has 23 heavy (non-hydrogen) atoms. The number of carbonyl (C=O) groups is 2. The minimum absolute atomic E-state index is 0.114. The second kappa shape index (κ2) is 6.66. The van der Waals surface area contributed by atoms with Gasteiger partial charge in [0.2, 0.25) is 5.91 Å². The minimum Gasteiger partial charge on any atom is -0.356 e. The van der Waals surface area contributed by atoms with Crippen molar-refractivity contribution in [2.75, 3.05) is 13.7 Å². The summed E-state index contributed by atoms with van der Waals surface area (Å²) in [6.07, 6.45) is 3.43. The Bertz CT molecular complexity index is 584. The van der Waals surface area contributed by atoms with Crippen LogP contribution in [0.15, 0.2) is 24.3 Å². The Balaban J connectivity index is 1.81. The lowest BCUT2D eigenvalue weighted by Crippen LogP contribution is -2.54. The molecule has 124 valence electrons. The van der Waals surface area contributed by atoms with Crippen LogP contribution in [0.4, 0.5) is 4.39 Å². The number of hydrogen-bond donors (Lipinski definition) is 1. The van der Waals surface area contributed by atoms with E-state index in [9.17, 15) is 14.0 Å². The van der Waals surface area contributed by atoms with Crippen molar-refractivity contribution in [3.8, 4) is 0 Å². The Kier molecular flexibility index (Phi) is 4.61. The maximum atomic E-state index is 13.2. The summed E-state index contributed by atoms with van der Waals surface area (Å²) in [7, 11) is 1.65. The molecule has 6 heteroatoms. The first-order chi connectivity index (χ1) is 11.1. The molecular weight excluding hydrogens is 299 g/mol. The van der Waals surface area contributed by atoms with Gasteiger partial charge in [-0.2, -0.15) is 0 Å². The average Bonchev–Trinajstić information content (AvgIpc) is 3.04. The zero-order valence-corrected chi connectivity index (χ0v) is 13.1. The van der Waals surface area contributed by atoms with E-state index in [-0.39, 0.29) is 30.3 Å². The smallest absolute Gasteiger partial charge is 0.251 e. The molecule has 3 rings (SSSR count). The molecule has 2 aliphatic rings. The van der Waals surface area contributed by atoms with Gasteiger partial charge in [0.05, 0.1) is 6.04 Å². The number of carbonyl (C=O) groups excluding carboxylic acids is 2. The molecule has 0 radical (unpaired) electrons. The molecule has 1 aromatic rings. The van der Waals surface area contributed by atoms with Crippen LogP contribution in [0.1, 0.15) is 37.3 Å². The molecule has 0 unspecified atom stereocenters. The quantitative estimate of drug-likeness (QED) is 0.923. The van der Waals surface area contributed by atoms with E-state index in [2.05, 4.69) is 5.32 Å². The van der Waals surface area contributed by atoms with Crippen molar-refractivity contribution in [3.63, 3.8) is 0 Å². The molecule has 2 atom stereocenters. The van der Waals surface area contributed by atoms with E-state index in [4.69, 9.17) is 4.74 Å². The van der Waals surface area contributed by atoms with E-state index >= 15 is 0 Å². The van der Waals surface area contributed by atoms with Gasteiger partial charge in [-0.3, -0.25) is 9.59 Å². The largest absolute Gasteiger partial charge is 0.356 e. The van der Waals surface area contributed by atoms with Crippen LogP contribution in [-0.4, -0.2) is 42.5 Å². The lowest BCUT2D eigenvalue weighted by atomic mass is 9.97. The molecule has 1 saturated heterocycles. The van der Waals surface area contributed by atoms with E-state index in [0.717, 1.165) is 25.7 Å². The Morgan fingerprint density at radius 3 is 2.57 bits per heavy atom. The lowest BCUT2D eigenvalue weighted by molar-refractivity contribution is -0.162. The zero-order chi connectivity index (χ0) is 16.4. The molecular formula is C17H21FN2O3. The standard InChI is InChI=1S/C17H21FN2O3/c1-20-14(21)10-23-16(17(22)19-13-4-2-3-5-13)15(20)11-6-8-12(18)9-7-11/h6-9,13,15-16H,2-5,10H2,1H3,(H,19,22)/t15-,16-/m1/s1. The van der Waals surface area contributed by atoms with Crippen LogP contribution < -0.4 is 5.32 Å². The number of nitrogens with zero attached hydrogens (tertiary/aromatic N) is 1. The monoisotopic (exact) mass is 320 g/mol. The van der Waals surface area contributed by atoms with E-state index in [0.29, 0.717) is 5.56 Å². The Hall–Kier alpha value is -1.95. The number of ether oxygens (including phenoxy) is 1. The normalized spacial score (nSPS) is 25.7. The number of hydrogen-bond acceptors (Lipinski definition) is 3. The molecule has 1 N–H and O–H groups in total. The fourth-order valence-corrected chi connectivity index (χ4v) is 3.34. The fraction of sp³-hybridized carbons (Fsp3) is 0.529. The van der Waals surface area contributed by atoms with Crippen LogP contribution in [0.5, 0.6) is 0 Å². The van der Waals surface area contributed by atoms with E-state index in [1.165, 1.54) is 17.0 Å². The summed E-state index contributed by atoms with van der Waals surface area (Å²) in [5.74, 6) is -0.749. The van der Waals surface area contributed by atoms with E-state index < -0.39 is 12.1 Å². The van der Waals surface area contributed by atoms with Gasteiger partial charge in [-0.1, -0.05) is 25.0 Å². The molecule has 1 heterocycles. The first kappa shape index (κ1) is 15.9. The van der Waals surface area contributed by atoms with Crippen molar-refractivity contribution in [1.82, 2.24) is 10.2 Å². The van der Waals surface area contributed by atoms with Gasteiger partial charge in [-0.15, -0.1) is 0 Å². The number of morpholine rings is 1. The van der Waals surface area contributed by atoms with Crippen LogP contribution in [-0.2, 0) is 14.3 Å². The van der Waals surface area contributed by atoms with Gasteiger partial charge in [-0.25, -0.2) is 4.39 Å². The molecule has 2 amide bonds. The second-order valence-corrected chi connectivity index (χ2v) is 6.22. The van der Waals surface area contributed by atoms with E-state index in [1.54, 1.807) is 19.2 Å². The minimum atomic E-state index is -0.774. The molecule has 2 fully saturated rings. The molecule has 1 saturated carbocycles. The average molecular weight is 320 g/mol. The molecule has 0 bridgehead atoms. The maximum Gasteiger partial charge on any atom is 0.251 e. The van der Waals surface area contributed by atoms with Crippen molar-refractivity contribution < 1.29 is 18.7 Å². The van der Waals surface area contributed by atoms with Gasteiger partial charge < -0.3 is 15.0 Å². The summed E-state index contributed by atoms with van der Waals surface area (Å²) in [5.41, 5.74) is 0.688. The van der Waals surface area contributed by atoms with Crippen LogP contribution in [0.25, 0.3) is 0 Å². The predicted octanol–water partition coefficient (Wildman–Crippen LogP) is 1.78. The van der Waals surface area contributed by atoms with Crippen LogP contribution in [0.3, 0.4) is 0 Å². The number of amides is 2. The number of benzene rings is 1. The predicted molar refractivity (Wildman–Crippen MR) is 82.0 cm³/mol. The van der Waals surface area contributed by atoms with Crippen LogP contribution >= 0.6 is 0 Å². The summed E-state index contributed by atoms with van der Waals surface area (Å²) < 4.78 is 18.7. The highest BCUT2D eigenvalue weighted by molar-refractivity contribution is 5.86. The third-order valence-electron chi connectivity index (χ3n) is 4.66. The Labute approximate surface area is 134 Å². The first-order valence-electron chi connectivity index (χ1n) is 7.99. The highest BCUT2D eigenvalue weighted by Crippen LogP contribution is 2.30. The summed E-state index contributed by atoms with van der Waals surface area (Å²) >= 11 is 0. The van der Waals surface area contributed by atoms with E-state index in [1.807, 2.05) is 0 Å². The number of halogens is 1. The lowest BCUT2D eigenvalue weighted by Gasteiger charge is -2.38. The molecule has 1 aliphatic heterocycles. The summed E-state index contributed by atoms with van der Waals surface area (Å²) in [6.45, 7) is -0.114. The zero-order valence-electron chi connectivity index (χ0n) is 13.1. The number of rotatable bonds is 3. The Morgan fingerprint density at radius 2 is 1.91 bits per heavy atom. The van der Waals surface area contributed by atoms with Gasteiger partial charge in [0.1, 0.15) is 12.4 Å². The van der Waals surface area contributed by atoms with Gasteiger partial charge in [0.25, 0.3) is 5.91 Å². The van der Waals surface area contributed by atoms with Crippen molar-refractivity contribution in [3.05, 3.63) is 35.6 Å². The third-order valence-corrected chi connectivity index (χ3v) is 4.66. The molecule has 5 nitrogen and oxygen atoms in total. The van der Waals surface area contributed by atoms with Crippen molar-refractivity contribution in [2.45, 2.75) is 43.9 Å². The van der Waals surface area contributed by atoms with Crippen molar-refractivity contribution >= 4 is 11.8 Å². The topological polar surface area (TPSA) is 58.6 Å². The first-order valence-corrected chi connectivity index (χ1v) is 7.99. The molecule has 0 aromatic heterocycles. The van der Waals surface area contributed by atoms with Crippen molar-refractivity contribution in [1.29, 1.82) is 0 Å². The molecule has 1 aliphatic carbocycles. The van der Waals surface area contributed by atoms with Crippen molar-refractivity contribution in [2.24, 2.45) is 0 Å². The van der Waals surface area contributed by atoms with Crippen LogP contribution in [0.2, 0.25) is 0 Å². The highest BCUT2D eigenvalue weighted by atomic mass is 19.1. The van der Waals surface area contributed by atoms with Gasteiger partial charge in [0.15, 0.2) is 6.10 Å². The Morgan fingerprint density at radius 1 is 1.26 bits per heavy atom. The third kappa shape index (κ3) is 3.37.